The van der Waals surface area contributed by atoms with Crippen LogP contribution in [0.4, 0.5) is 0 Å². The summed E-state index contributed by atoms with van der Waals surface area (Å²) in [5.74, 6) is -0.467. The van der Waals surface area contributed by atoms with Crippen molar-refractivity contribution in [3.63, 3.8) is 0 Å². The summed E-state index contributed by atoms with van der Waals surface area (Å²) in [4.78, 5) is 0. The Bertz CT molecular complexity index is 346. The summed E-state index contributed by atoms with van der Waals surface area (Å²) in [6.07, 6.45) is -4.46. The molecular formula is C8H17NO7S. The molecule has 5 atom stereocenters. The maximum Gasteiger partial charge on any atom is 0.173 e. The normalized spacial score (nSPS) is 39.2. The summed E-state index contributed by atoms with van der Waals surface area (Å²) in [5, 5.41) is 39.9. The molecule has 0 aliphatic carbocycles. The van der Waals surface area contributed by atoms with E-state index in [9.17, 15) is 23.7 Å². The van der Waals surface area contributed by atoms with Crippen LogP contribution in [-0.4, -0.2) is 78.2 Å². The first-order valence-corrected chi connectivity index (χ1v) is 7.04. The van der Waals surface area contributed by atoms with Gasteiger partial charge < -0.3 is 25.2 Å². The first kappa shape index (κ1) is 14.8. The van der Waals surface area contributed by atoms with E-state index in [0.717, 1.165) is 6.26 Å². The Balaban J connectivity index is 2.66. The number of sulfone groups is 1. The van der Waals surface area contributed by atoms with Crippen LogP contribution in [-0.2, 0) is 14.6 Å². The molecule has 1 rings (SSSR count). The van der Waals surface area contributed by atoms with E-state index < -0.39 is 53.0 Å². The smallest absolute Gasteiger partial charge is 0.173 e. The first-order valence-electron chi connectivity index (χ1n) is 4.98. The van der Waals surface area contributed by atoms with Gasteiger partial charge in [0.1, 0.15) is 18.3 Å². The van der Waals surface area contributed by atoms with Crippen LogP contribution < -0.4 is 5.32 Å². The van der Waals surface area contributed by atoms with Gasteiger partial charge in [0.25, 0.3) is 0 Å². The molecule has 1 unspecified atom stereocenters. The van der Waals surface area contributed by atoms with E-state index in [1.807, 2.05) is 0 Å². The Labute approximate surface area is 98.8 Å². The summed E-state index contributed by atoms with van der Waals surface area (Å²) in [6.45, 7) is -0.561. The van der Waals surface area contributed by atoms with Gasteiger partial charge in [-0.3, -0.25) is 5.32 Å². The minimum Gasteiger partial charge on any atom is -0.394 e. The molecule has 5 N–H and O–H groups in total. The highest BCUT2D eigenvalue weighted by Gasteiger charge is 2.43. The van der Waals surface area contributed by atoms with Gasteiger partial charge in [-0.05, 0) is 0 Å². The number of hydrogen-bond acceptors (Lipinski definition) is 8. The van der Waals surface area contributed by atoms with Gasteiger partial charge in [-0.2, -0.15) is 0 Å². The van der Waals surface area contributed by atoms with Crippen LogP contribution in [0, 0.1) is 0 Å². The predicted octanol–water partition coefficient (Wildman–Crippen LogP) is -3.62. The van der Waals surface area contributed by atoms with Gasteiger partial charge in [0.15, 0.2) is 16.1 Å². The second-order valence-electron chi connectivity index (χ2n) is 4.03. The third kappa shape index (κ3) is 3.85. The molecule has 9 heteroatoms. The van der Waals surface area contributed by atoms with Gasteiger partial charge in [-0.25, -0.2) is 8.42 Å². The Hall–Kier alpha value is -0.290. The third-order valence-electron chi connectivity index (χ3n) is 2.48. The fraction of sp³-hybridized carbons (Fsp3) is 1.00. The monoisotopic (exact) mass is 271 g/mol. The van der Waals surface area contributed by atoms with Crippen molar-refractivity contribution in [1.29, 1.82) is 0 Å². The van der Waals surface area contributed by atoms with Crippen molar-refractivity contribution in [2.45, 2.75) is 30.6 Å². The number of aliphatic hydroxyl groups is 4. The van der Waals surface area contributed by atoms with Crippen molar-refractivity contribution >= 4 is 9.84 Å². The molecule has 0 aromatic carbocycles. The quantitative estimate of drug-likeness (QED) is 0.353. The predicted molar refractivity (Wildman–Crippen MR) is 56.6 cm³/mol. The average molecular weight is 271 g/mol. The van der Waals surface area contributed by atoms with Crippen molar-refractivity contribution in [2.75, 3.05) is 18.7 Å². The van der Waals surface area contributed by atoms with Crippen molar-refractivity contribution in [3.8, 4) is 0 Å². The molecule has 0 aromatic rings. The zero-order valence-electron chi connectivity index (χ0n) is 9.22. The lowest BCUT2D eigenvalue weighted by Crippen LogP contribution is -2.63. The van der Waals surface area contributed by atoms with Crippen LogP contribution in [0.25, 0.3) is 0 Å². The number of hydrogen-bond donors (Lipinski definition) is 5. The Morgan fingerprint density at radius 3 is 2.29 bits per heavy atom. The molecule has 1 fully saturated rings. The molecule has 0 radical (unpaired) electrons. The molecule has 0 saturated carbocycles. The lowest BCUT2D eigenvalue weighted by molar-refractivity contribution is -0.253. The molecule has 1 aliphatic heterocycles. The van der Waals surface area contributed by atoms with Crippen LogP contribution in [0.2, 0.25) is 0 Å². The van der Waals surface area contributed by atoms with Crippen molar-refractivity contribution in [3.05, 3.63) is 0 Å². The molecule has 1 heterocycles. The van der Waals surface area contributed by atoms with Gasteiger partial charge in [0, 0.05) is 6.26 Å². The Kier molecular flexibility index (Phi) is 4.84. The van der Waals surface area contributed by atoms with E-state index in [0.29, 0.717) is 0 Å². The van der Waals surface area contributed by atoms with Crippen LogP contribution in [0.3, 0.4) is 0 Å². The van der Waals surface area contributed by atoms with E-state index in [-0.39, 0.29) is 0 Å². The van der Waals surface area contributed by atoms with Crippen LogP contribution in [0.1, 0.15) is 0 Å². The maximum atomic E-state index is 10.9. The van der Waals surface area contributed by atoms with E-state index >= 15 is 0 Å². The van der Waals surface area contributed by atoms with Crippen LogP contribution >= 0.6 is 0 Å². The lowest BCUT2D eigenvalue weighted by atomic mass is 9.97. The number of aliphatic hydroxyl groups excluding tert-OH is 4. The zero-order valence-corrected chi connectivity index (χ0v) is 10.0. The molecule has 0 bridgehead atoms. The topological polar surface area (TPSA) is 136 Å². The summed E-state index contributed by atoms with van der Waals surface area (Å²) in [7, 11) is -3.33. The SMILES string of the molecule is CS(=O)(=O)CN[C@H]1C(O)O[C@H](CO)[C@@H](O)[C@@H]1O. The average Bonchev–Trinajstić information content (AvgIpc) is 2.21. The van der Waals surface area contributed by atoms with Gasteiger partial charge >= 0.3 is 0 Å². The summed E-state index contributed by atoms with van der Waals surface area (Å²) >= 11 is 0. The number of ether oxygens (including phenoxy) is 1. The second kappa shape index (κ2) is 5.57. The highest BCUT2D eigenvalue weighted by Crippen LogP contribution is 2.19. The van der Waals surface area contributed by atoms with E-state index in [1.165, 1.54) is 0 Å². The second-order valence-corrected chi connectivity index (χ2v) is 6.17. The maximum absolute atomic E-state index is 10.9. The van der Waals surface area contributed by atoms with E-state index in [1.54, 1.807) is 0 Å². The molecule has 0 amide bonds. The molecule has 0 aromatic heterocycles. The molecule has 17 heavy (non-hydrogen) atoms. The molecule has 1 saturated heterocycles. The van der Waals surface area contributed by atoms with Gasteiger partial charge in [-0.1, -0.05) is 0 Å². The van der Waals surface area contributed by atoms with Gasteiger partial charge in [0.05, 0.1) is 18.5 Å². The molecule has 1 aliphatic rings. The largest absolute Gasteiger partial charge is 0.394 e. The van der Waals surface area contributed by atoms with Crippen molar-refractivity contribution in [2.24, 2.45) is 0 Å². The van der Waals surface area contributed by atoms with E-state index in [4.69, 9.17) is 9.84 Å². The van der Waals surface area contributed by atoms with Crippen LogP contribution in [0.5, 0.6) is 0 Å². The van der Waals surface area contributed by atoms with E-state index in [2.05, 4.69) is 5.32 Å². The minimum atomic E-state index is -3.33. The minimum absolute atomic E-state index is 0.467. The molecule has 8 nitrogen and oxygen atoms in total. The van der Waals surface area contributed by atoms with Gasteiger partial charge in [0.2, 0.25) is 0 Å². The molecule has 0 spiro atoms. The fourth-order valence-electron chi connectivity index (χ4n) is 1.57. The summed E-state index contributed by atoms with van der Waals surface area (Å²) in [6, 6.07) is -1.14. The van der Waals surface area contributed by atoms with Gasteiger partial charge in [-0.15, -0.1) is 0 Å². The first-order chi connectivity index (χ1) is 7.76. The molecule has 102 valence electrons. The zero-order chi connectivity index (χ0) is 13.2. The summed E-state index contributed by atoms with van der Waals surface area (Å²) in [5.41, 5.74) is 0. The molecular weight excluding hydrogens is 254 g/mol. The number of nitrogens with one attached hydrogen (secondary N) is 1. The highest BCUT2D eigenvalue weighted by atomic mass is 32.2. The lowest BCUT2D eigenvalue weighted by Gasteiger charge is -2.40. The summed E-state index contributed by atoms with van der Waals surface area (Å²) < 4.78 is 26.7. The van der Waals surface area contributed by atoms with Crippen LogP contribution in [0.15, 0.2) is 0 Å². The third-order valence-corrected chi connectivity index (χ3v) is 3.17. The van der Waals surface area contributed by atoms with Crippen molar-refractivity contribution in [1.82, 2.24) is 5.32 Å². The Morgan fingerprint density at radius 1 is 1.24 bits per heavy atom. The Morgan fingerprint density at radius 2 is 1.82 bits per heavy atom. The number of rotatable bonds is 4. The fourth-order valence-corrected chi connectivity index (χ4v) is 2.06. The highest BCUT2D eigenvalue weighted by molar-refractivity contribution is 7.90. The van der Waals surface area contributed by atoms with Crippen molar-refractivity contribution < 1.29 is 33.6 Å². The standard InChI is InChI=1S/C8H17NO7S/c1-17(14,15)3-9-5-7(12)6(11)4(2-10)16-8(5)13/h4-13H,2-3H2,1H3/t4-,5-,6-,7-,8?/m1/s1.